The average molecular weight is 358 g/mol. The summed E-state index contributed by atoms with van der Waals surface area (Å²) in [5.41, 5.74) is 1.06. The number of halogens is 1. The van der Waals surface area contributed by atoms with Gasteiger partial charge in [0.2, 0.25) is 11.8 Å². The van der Waals surface area contributed by atoms with Crippen LogP contribution in [0.1, 0.15) is 12.5 Å². The van der Waals surface area contributed by atoms with Crippen LogP contribution in [0.15, 0.2) is 24.3 Å². The van der Waals surface area contributed by atoms with Crippen molar-refractivity contribution in [3.05, 3.63) is 33.4 Å². The van der Waals surface area contributed by atoms with Gasteiger partial charge in [0.15, 0.2) is 0 Å². The number of hydrogen-bond acceptors (Lipinski definition) is 2. The Bertz CT molecular complexity index is 459. The maximum absolute atomic E-state index is 11.9. The first-order valence-electron chi connectivity index (χ1n) is 5.90. The van der Waals surface area contributed by atoms with E-state index >= 15 is 0 Å². The molecule has 0 radical (unpaired) electrons. The average Bonchev–Trinajstić information content (AvgIpc) is 2.36. The molecule has 96 valence electrons. The highest BCUT2D eigenvalue weighted by Gasteiger charge is 2.28. The summed E-state index contributed by atoms with van der Waals surface area (Å²) in [4.78, 5) is 26.9. The van der Waals surface area contributed by atoms with Gasteiger partial charge in [-0.05, 0) is 47.2 Å². The van der Waals surface area contributed by atoms with Gasteiger partial charge in [-0.1, -0.05) is 12.1 Å². The van der Waals surface area contributed by atoms with Gasteiger partial charge in [-0.3, -0.25) is 9.59 Å². The fourth-order valence-electron chi connectivity index (χ4n) is 1.95. The summed E-state index contributed by atoms with van der Waals surface area (Å²) in [5, 5.41) is 0. The maximum atomic E-state index is 11.9. The topological polar surface area (TPSA) is 40.6 Å². The fourth-order valence-corrected chi connectivity index (χ4v) is 2.30. The van der Waals surface area contributed by atoms with E-state index in [1.54, 1.807) is 9.80 Å². The molecule has 2 amide bonds. The van der Waals surface area contributed by atoms with Crippen LogP contribution in [0, 0.1) is 3.57 Å². The third-order valence-corrected chi connectivity index (χ3v) is 3.75. The zero-order chi connectivity index (χ0) is 13.1. The molecule has 0 atom stereocenters. The van der Waals surface area contributed by atoms with Crippen molar-refractivity contribution in [2.24, 2.45) is 0 Å². The van der Waals surface area contributed by atoms with Crippen LogP contribution in [0.5, 0.6) is 0 Å². The molecule has 2 rings (SSSR count). The van der Waals surface area contributed by atoms with Crippen LogP contribution >= 0.6 is 22.6 Å². The predicted molar refractivity (Wildman–Crippen MR) is 76.8 cm³/mol. The lowest BCUT2D eigenvalue weighted by atomic mass is 10.2. The predicted octanol–water partition coefficient (Wildman–Crippen LogP) is 1.48. The molecule has 1 fully saturated rings. The van der Waals surface area contributed by atoms with E-state index in [2.05, 4.69) is 22.6 Å². The SMILES string of the molecule is CCN1CC(=O)N(Cc2ccc(I)cc2)CC1=O. The van der Waals surface area contributed by atoms with Crippen molar-refractivity contribution in [3.8, 4) is 0 Å². The van der Waals surface area contributed by atoms with Crippen LogP contribution in [0.4, 0.5) is 0 Å². The summed E-state index contributed by atoms with van der Waals surface area (Å²) in [6, 6.07) is 7.99. The van der Waals surface area contributed by atoms with E-state index < -0.39 is 0 Å². The lowest BCUT2D eigenvalue weighted by molar-refractivity contribution is -0.150. The molecular weight excluding hydrogens is 343 g/mol. The minimum Gasteiger partial charge on any atom is -0.332 e. The van der Waals surface area contributed by atoms with Crippen LogP contribution in [0.2, 0.25) is 0 Å². The smallest absolute Gasteiger partial charge is 0.242 e. The van der Waals surface area contributed by atoms with Crippen molar-refractivity contribution in [1.82, 2.24) is 9.80 Å². The lowest BCUT2D eigenvalue weighted by Crippen LogP contribution is -2.53. The molecule has 0 spiro atoms. The molecule has 0 saturated carbocycles. The van der Waals surface area contributed by atoms with E-state index in [1.807, 2.05) is 31.2 Å². The molecule has 1 aromatic rings. The molecule has 0 aliphatic carbocycles. The summed E-state index contributed by atoms with van der Waals surface area (Å²) < 4.78 is 1.16. The monoisotopic (exact) mass is 358 g/mol. The molecule has 1 heterocycles. The minimum absolute atomic E-state index is 0.0231. The number of piperazine rings is 1. The molecule has 4 nitrogen and oxygen atoms in total. The maximum Gasteiger partial charge on any atom is 0.242 e. The number of likely N-dealkylation sites (N-methyl/N-ethyl adjacent to an activating group) is 1. The van der Waals surface area contributed by atoms with Gasteiger partial charge in [-0.15, -0.1) is 0 Å². The van der Waals surface area contributed by atoms with Crippen molar-refractivity contribution in [1.29, 1.82) is 0 Å². The fraction of sp³-hybridized carbons (Fsp3) is 0.385. The Labute approximate surface area is 120 Å². The molecule has 18 heavy (non-hydrogen) atoms. The van der Waals surface area contributed by atoms with Gasteiger partial charge in [-0.2, -0.15) is 0 Å². The second-order valence-electron chi connectivity index (χ2n) is 4.28. The second-order valence-corrected chi connectivity index (χ2v) is 5.53. The third-order valence-electron chi connectivity index (χ3n) is 3.03. The summed E-state index contributed by atoms with van der Waals surface area (Å²) in [6.45, 7) is 3.40. The Hall–Kier alpha value is -1.11. The molecule has 0 bridgehead atoms. The van der Waals surface area contributed by atoms with E-state index in [-0.39, 0.29) is 24.9 Å². The van der Waals surface area contributed by atoms with Gasteiger partial charge >= 0.3 is 0 Å². The van der Waals surface area contributed by atoms with Crippen LogP contribution < -0.4 is 0 Å². The molecule has 0 N–H and O–H groups in total. The van der Waals surface area contributed by atoms with E-state index in [0.717, 1.165) is 9.13 Å². The normalized spacial score (nSPS) is 16.3. The van der Waals surface area contributed by atoms with Gasteiger partial charge < -0.3 is 9.80 Å². The van der Waals surface area contributed by atoms with Crippen molar-refractivity contribution in [3.63, 3.8) is 0 Å². The van der Waals surface area contributed by atoms with E-state index in [4.69, 9.17) is 0 Å². The Morgan fingerprint density at radius 3 is 2.22 bits per heavy atom. The quantitative estimate of drug-likeness (QED) is 0.769. The first kappa shape index (κ1) is 13.3. The van der Waals surface area contributed by atoms with E-state index in [0.29, 0.717) is 13.1 Å². The van der Waals surface area contributed by atoms with Gasteiger partial charge in [0.1, 0.15) is 6.54 Å². The van der Waals surface area contributed by atoms with Crippen molar-refractivity contribution >= 4 is 34.4 Å². The van der Waals surface area contributed by atoms with Gasteiger partial charge in [0.05, 0.1) is 6.54 Å². The molecule has 1 saturated heterocycles. The molecule has 1 aliphatic heterocycles. The largest absolute Gasteiger partial charge is 0.332 e. The Morgan fingerprint density at radius 1 is 1.06 bits per heavy atom. The summed E-state index contributed by atoms with van der Waals surface area (Å²) in [7, 11) is 0. The van der Waals surface area contributed by atoms with Crippen LogP contribution in [-0.2, 0) is 16.1 Å². The number of amides is 2. The highest BCUT2D eigenvalue weighted by molar-refractivity contribution is 14.1. The van der Waals surface area contributed by atoms with Crippen molar-refractivity contribution < 1.29 is 9.59 Å². The Morgan fingerprint density at radius 2 is 1.61 bits per heavy atom. The van der Waals surface area contributed by atoms with E-state index in [9.17, 15) is 9.59 Å². The first-order valence-corrected chi connectivity index (χ1v) is 6.98. The zero-order valence-corrected chi connectivity index (χ0v) is 12.4. The Kier molecular flexibility index (Phi) is 4.21. The standard InChI is InChI=1S/C13H15IN2O2/c1-2-15-8-13(18)16(9-12(15)17)7-10-3-5-11(14)6-4-10/h3-6H,2,7-9H2,1H3. The first-order chi connectivity index (χ1) is 8.60. The van der Waals surface area contributed by atoms with Crippen molar-refractivity contribution in [2.75, 3.05) is 19.6 Å². The van der Waals surface area contributed by atoms with Crippen LogP contribution in [-0.4, -0.2) is 41.2 Å². The molecule has 1 aliphatic rings. The van der Waals surface area contributed by atoms with E-state index in [1.165, 1.54) is 0 Å². The number of rotatable bonds is 3. The van der Waals surface area contributed by atoms with Gasteiger partial charge in [0.25, 0.3) is 0 Å². The highest BCUT2D eigenvalue weighted by atomic mass is 127. The van der Waals surface area contributed by atoms with Crippen molar-refractivity contribution in [2.45, 2.75) is 13.5 Å². The lowest BCUT2D eigenvalue weighted by Gasteiger charge is -2.33. The Balaban J connectivity index is 2.04. The summed E-state index contributed by atoms with van der Waals surface area (Å²) in [5.74, 6) is 0.0533. The second kappa shape index (κ2) is 5.69. The number of carbonyl (C=O) groups is 2. The van der Waals surface area contributed by atoms with Gasteiger partial charge in [0, 0.05) is 16.7 Å². The number of nitrogens with zero attached hydrogens (tertiary/aromatic N) is 2. The van der Waals surface area contributed by atoms with Crippen LogP contribution in [0.3, 0.4) is 0 Å². The van der Waals surface area contributed by atoms with Gasteiger partial charge in [-0.25, -0.2) is 0 Å². The molecule has 1 aromatic carbocycles. The third kappa shape index (κ3) is 3.01. The summed E-state index contributed by atoms with van der Waals surface area (Å²) in [6.07, 6.45) is 0. The molecular formula is C13H15IN2O2. The number of hydrogen-bond donors (Lipinski definition) is 0. The number of carbonyl (C=O) groups excluding carboxylic acids is 2. The molecule has 5 heteroatoms. The molecule has 0 unspecified atom stereocenters. The summed E-state index contributed by atoms with van der Waals surface area (Å²) >= 11 is 2.24. The minimum atomic E-state index is 0.0231. The van der Waals surface area contributed by atoms with Crippen LogP contribution in [0.25, 0.3) is 0 Å². The zero-order valence-electron chi connectivity index (χ0n) is 10.2. The molecule has 0 aromatic heterocycles. The number of benzene rings is 1. The highest BCUT2D eigenvalue weighted by Crippen LogP contribution is 2.12.